The lowest BCUT2D eigenvalue weighted by Gasteiger charge is -2.18. The number of carbonyl (C=O) groups is 2. The second kappa shape index (κ2) is 9.00. The number of fused-ring (bicyclic) bond motifs is 1. The van der Waals surface area contributed by atoms with Crippen LogP contribution in [0.15, 0.2) is 22.7 Å². The minimum absolute atomic E-state index is 0.0132. The standard InChI is InChI=1S/C17H20N4O3.C2HF3O2/c1-10-4-3-5-14(18-10)17(22)21-8-12-6-13(23-15(12)9-21)7-16-19-11(2)20-24-16;3-2(4,5)1(6)7/h3-5,12-13,15H,6-9H2,1-2H3;(H,6,7)/t12-,13-,15+;/m0./s1. The predicted molar refractivity (Wildman–Crippen MR) is 98.1 cm³/mol. The molecule has 0 aromatic carbocycles. The minimum Gasteiger partial charge on any atom is -0.475 e. The van der Waals surface area contributed by atoms with Gasteiger partial charge < -0.3 is 19.3 Å². The Morgan fingerprint density at radius 3 is 2.48 bits per heavy atom. The molecule has 3 atom stereocenters. The number of carboxylic acids is 1. The van der Waals surface area contributed by atoms with Gasteiger partial charge in [-0.05, 0) is 32.4 Å². The number of aryl methyl sites for hydroxylation is 2. The van der Waals surface area contributed by atoms with Gasteiger partial charge in [0.2, 0.25) is 5.89 Å². The molecule has 12 heteroatoms. The zero-order valence-electron chi connectivity index (χ0n) is 16.8. The number of rotatable bonds is 3. The third-order valence-corrected chi connectivity index (χ3v) is 4.92. The second-order valence-electron chi connectivity index (χ2n) is 7.41. The molecule has 0 spiro atoms. The highest BCUT2D eigenvalue weighted by Crippen LogP contribution is 2.34. The number of amides is 1. The Bertz CT molecular complexity index is 935. The number of carboxylic acid groups (broad SMARTS) is 1. The number of aromatic nitrogens is 3. The van der Waals surface area contributed by atoms with Crippen LogP contribution in [0.1, 0.15) is 34.3 Å². The maximum absolute atomic E-state index is 12.6. The van der Waals surface area contributed by atoms with Crippen molar-refractivity contribution in [3.8, 4) is 0 Å². The highest BCUT2D eigenvalue weighted by atomic mass is 19.4. The first-order valence-electron chi connectivity index (χ1n) is 9.50. The predicted octanol–water partition coefficient (Wildman–Crippen LogP) is 2.19. The number of likely N-dealkylation sites (tertiary alicyclic amines) is 1. The molecule has 2 saturated heterocycles. The van der Waals surface area contributed by atoms with Crippen LogP contribution in [0.25, 0.3) is 0 Å². The molecule has 0 aliphatic carbocycles. The minimum atomic E-state index is -5.08. The van der Waals surface area contributed by atoms with E-state index < -0.39 is 12.1 Å². The van der Waals surface area contributed by atoms with Gasteiger partial charge in [-0.1, -0.05) is 11.2 Å². The third-order valence-electron chi connectivity index (χ3n) is 4.92. The summed E-state index contributed by atoms with van der Waals surface area (Å²) >= 11 is 0. The average molecular weight is 442 g/mol. The molecule has 2 aliphatic rings. The fourth-order valence-electron chi connectivity index (χ4n) is 3.60. The summed E-state index contributed by atoms with van der Waals surface area (Å²) in [6, 6.07) is 5.53. The van der Waals surface area contributed by atoms with E-state index >= 15 is 0 Å². The number of hydrogen-bond donors (Lipinski definition) is 1. The van der Waals surface area contributed by atoms with Gasteiger partial charge in [0.15, 0.2) is 5.82 Å². The van der Waals surface area contributed by atoms with E-state index in [1.54, 1.807) is 13.0 Å². The third kappa shape index (κ3) is 5.78. The number of hydrogen-bond acceptors (Lipinski definition) is 7. The van der Waals surface area contributed by atoms with Crippen LogP contribution in [-0.4, -0.2) is 68.5 Å². The van der Waals surface area contributed by atoms with Gasteiger partial charge in [-0.2, -0.15) is 18.2 Å². The van der Waals surface area contributed by atoms with Crippen LogP contribution in [0.2, 0.25) is 0 Å². The molecule has 2 aliphatic heterocycles. The number of ether oxygens (including phenoxy) is 1. The van der Waals surface area contributed by atoms with Crippen molar-refractivity contribution in [1.82, 2.24) is 20.0 Å². The fraction of sp³-hybridized carbons (Fsp3) is 0.526. The molecular weight excluding hydrogens is 421 g/mol. The number of pyridine rings is 1. The molecule has 168 valence electrons. The lowest BCUT2D eigenvalue weighted by atomic mass is 10.0. The summed E-state index contributed by atoms with van der Waals surface area (Å²) in [5.41, 5.74) is 1.36. The van der Waals surface area contributed by atoms with Crippen LogP contribution in [-0.2, 0) is 16.0 Å². The summed E-state index contributed by atoms with van der Waals surface area (Å²) in [6.45, 7) is 5.04. The Morgan fingerprint density at radius 2 is 1.94 bits per heavy atom. The molecule has 31 heavy (non-hydrogen) atoms. The molecule has 9 nitrogen and oxygen atoms in total. The van der Waals surface area contributed by atoms with Gasteiger partial charge in [-0.25, -0.2) is 9.78 Å². The molecule has 1 amide bonds. The molecule has 2 aromatic heterocycles. The van der Waals surface area contributed by atoms with Crippen molar-refractivity contribution >= 4 is 11.9 Å². The van der Waals surface area contributed by atoms with E-state index in [-0.39, 0.29) is 18.1 Å². The molecule has 4 rings (SSSR count). The molecule has 1 N–H and O–H groups in total. The van der Waals surface area contributed by atoms with Crippen LogP contribution < -0.4 is 0 Å². The van der Waals surface area contributed by atoms with Crippen LogP contribution in [0, 0.1) is 19.8 Å². The Morgan fingerprint density at radius 1 is 1.23 bits per heavy atom. The summed E-state index contributed by atoms with van der Waals surface area (Å²) in [6.07, 6.45) is -3.35. The molecule has 0 radical (unpaired) electrons. The fourth-order valence-corrected chi connectivity index (χ4v) is 3.60. The summed E-state index contributed by atoms with van der Waals surface area (Å²) in [5, 5.41) is 10.9. The van der Waals surface area contributed by atoms with E-state index in [1.165, 1.54) is 0 Å². The molecule has 0 bridgehead atoms. The molecule has 0 saturated carbocycles. The molecule has 4 heterocycles. The van der Waals surface area contributed by atoms with E-state index in [0.29, 0.717) is 36.3 Å². The molecule has 0 unspecified atom stereocenters. The van der Waals surface area contributed by atoms with Crippen LogP contribution in [0.4, 0.5) is 13.2 Å². The quantitative estimate of drug-likeness (QED) is 0.769. The van der Waals surface area contributed by atoms with Crippen molar-refractivity contribution in [2.24, 2.45) is 5.92 Å². The van der Waals surface area contributed by atoms with Gasteiger partial charge in [0.25, 0.3) is 5.91 Å². The number of halogens is 3. The lowest BCUT2D eigenvalue weighted by molar-refractivity contribution is -0.192. The molecular formula is C19H21F3N4O5. The number of carbonyl (C=O) groups excluding carboxylic acids is 1. The monoisotopic (exact) mass is 442 g/mol. The van der Waals surface area contributed by atoms with Crippen LogP contribution in [0.3, 0.4) is 0 Å². The van der Waals surface area contributed by atoms with Gasteiger partial charge in [0.1, 0.15) is 5.69 Å². The second-order valence-corrected chi connectivity index (χ2v) is 7.41. The first-order valence-corrected chi connectivity index (χ1v) is 9.50. The van der Waals surface area contributed by atoms with Crippen molar-refractivity contribution in [1.29, 1.82) is 0 Å². The smallest absolute Gasteiger partial charge is 0.475 e. The summed E-state index contributed by atoms with van der Waals surface area (Å²) in [7, 11) is 0. The van der Waals surface area contributed by atoms with E-state index in [9.17, 15) is 18.0 Å². The normalized spacial score (nSPS) is 22.6. The lowest BCUT2D eigenvalue weighted by Crippen LogP contribution is -2.32. The Hall–Kier alpha value is -3.02. The Balaban J connectivity index is 0.000000339. The first-order chi connectivity index (χ1) is 14.5. The van der Waals surface area contributed by atoms with Gasteiger partial charge in [-0.15, -0.1) is 0 Å². The van der Waals surface area contributed by atoms with Gasteiger partial charge >= 0.3 is 12.1 Å². The molecule has 2 fully saturated rings. The van der Waals surface area contributed by atoms with Crippen molar-refractivity contribution in [2.45, 2.75) is 45.1 Å². The van der Waals surface area contributed by atoms with Crippen molar-refractivity contribution in [3.63, 3.8) is 0 Å². The number of aliphatic carboxylic acids is 1. The van der Waals surface area contributed by atoms with Gasteiger partial charge in [0, 0.05) is 24.7 Å². The Kier molecular flexibility index (Phi) is 6.58. The SMILES string of the molecule is Cc1cccc(C(=O)N2C[C@@H]3C[C@@H](Cc4nc(C)no4)O[C@@H]3C2)n1.O=C(O)C(F)(F)F. The van der Waals surface area contributed by atoms with E-state index in [4.69, 9.17) is 19.2 Å². The van der Waals surface area contributed by atoms with Crippen molar-refractivity contribution < 1.29 is 37.1 Å². The molecule has 2 aromatic rings. The van der Waals surface area contributed by atoms with Gasteiger partial charge in [-0.3, -0.25) is 4.79 Å². The van der Waals surface area contributed by atoms with E-state index in [2.05, 4.69) is 15.1 Å². The van der Waals surface area contributed by atoms with E-state index in [0.717, 1.165) is 18.7 Å². The van der Waals surface area contributed by atoms with Crippen molar-refractivity contribution in [3.05, 3.63) is 41.3 Å². The summed E-state index contributed by atoms with van der Waals surface area (Å²) in [5.74, 6) is -1.14. The number of alkyl halides is 3. The zero-order valence-corrected chi connectivity index (χ0v) is 16.8. The number of nitrogens with zero attached hydrogens (tertiary/aromatic N) is 4. The van der Waals surface area contributed by atoms with Crippen molar-refractivity contribution in [2.75, 3.05) is 13.1 Å². The highest BCUT2D eigenvalue weighted by molar-refractivity contribution is 5.92. The first kappa shape index (κ1) is 22.7. The highest BCUT2D eigenvalue weighted by Gasteiger charge is 2.44. The van der Waals surface area contributed by atoms with E-state index in [1.807, 2.05) is 24.0 Å². The zero-order chi connectivity index (χ0) is 22.8. The summed E-state index contributed by atoms with van der Waals surface area (Å²) in [4.78, 5) is 31.9. The van der Waals surface area contributed by atoms with Gasteiger partial charge in [0.05, 0.1) is 18.6 Å². The maximum atomic E-state index is 12.6. The Labute approximate surface area is 175 Å². The summed E-state index contributed by atoms with van der Waals surface area (Å²) < 4.78 is 43.0. The van der Waals surface area contributed by atoms with Crippen LogP contribution >= 0.6 is 0 Å². The maximum Gasteiger partial charge on any atom is 0.490 e. The average Bonchev–Trinajstić information content (AvgIpc) is 3.36. The largest absolute Gasteiger partial charge is 0.490 e. The topological polar surface area (TPSA) is 119 Å². The van der Waals surface area contributed by atoms with Crippen LogP contribution in [0.5, 0.6) is 0 Å².